The molecule has 106 valence electrons. The van der Waals surface area contributed by atoms with Crippen molar-refractivity contribution < 1.29 is 4.74 Å². The maximum atomic E-state index is 6.19. The van der Waals surface area contributed by atoms with E-state index in [0.29, 0.717) is 22.5 Å². The third-order valence-electron chi connectivity index (χ3n) is 3.22. The van der Waals surface area contributed by atoms with Gasteiger partial charge in [0, 0.05) is 17.3 Å². The average Bonchev–Trinajstić information content (AvgIpc) is 2.49. The zero-order valence-electron chi connectivity index (χ0n) is 11.4. The number of pyridine rings is 1. The second-order valence-electron chi connectivity index (χ2n) is 4.81. The Morgan fingerprint density at radius 3 is 2.67 bits per heavy atom. The van der Waals surface area contributed by atoms with Gasteiger partial charge in [-0.2, -0.15) is 0 Å². The molecule has 1 aromatic heterocycles. The summed E-state index contributed by atoms with van der Waals surface area (Å²) in [5.41, 5.74) is 2.93. The van der Waals surface area contributed by atoms with Crippen LogP contribution in [0.5, 0.6) is 11.6 Å². The summed E-state index contributed by atoms with van der Waals surface area (Å²) in [6, 6.07) is 15.4. The first-order chi connectivity index (χ1) is 10.2. The van der Waals surface area contributed by atoms with Crippen LogP contribution in [0, 0.1) is 6.92 Å². The number of aromatic nitrogens is 1. The van der Waals surface area contributed by atoms with Gasteiger partial charge in [-0.3, -0.25) is 0 Å². The molecule has 0 aliphatic carbocycles. The van der Waals surface area contributed by atoms with Crippen LogP contribution in [0.1, 0.15) is 11.1 Å². The van der Waals surface area contributed by atoms with E-state index in [1.807, 2.05) is 55.5 Å². The van der Waals surface area contributed by atoms with Crippen molar-refractivity contribution in [3.63, 3.8) is 0 Å². The summed E-state index contributed by atoms with van der Waals surface area (Å²) in [5, 5.41) is 1.60. The van der Waals surface area contributed by atoms with Gasteiger partial charge >= 0.3 is 0 Å². The predicted molar refractivity (Wildman–Crippen MR) is 87.6 cm³/mol. The first-order valence-electron chi connectivity index (χ1n) is 6.56. The van der Waals surface area contributed by atoms with Crippen molar-refractivity contribution >= 4 is 34.1 Å². The number of aryl methyl sites for hydroxylation is 1. The molecule has 0 aliphatic rings. The molecule has 3 aromatic rings. The Morgan fingerprint density at radius 1 is 1.10 bits per heavy atom. The summed E-state index contributed by atoms with van der Waals surface area (Å²) < 4.78 is 5.81. The number of benzene rings is 2. The van der Waals surface area contributed by atoms with Crippen molar-refractivity contribution in [3.8, 4) is 11.6 Å². The zero-order chi connectivity index (χ0) is 14.8. The predicted octanol–water partition coefficient (Wildman–Crippen LogP) is 5.73. The van der Waals surface area contributed by atoms with E-state index in [1.54, 1.807) is 0 Å². The molecule has 0 unspecified atom stereocenters. The molecule has 0 amide bonds. The quantitative estimate of drug-likeness (QED) is 0.576. The fourth-order valence-corrected chi connectivity index (χ4v) is 2.68. The lowest BCUT2D eigenvalue weighted by Gasteiger charge is -2.10. The molecule has 4 heteroatoms. The fourth-order valence-electron chi connectivity index (χ4n) is 2.18. The Morgan fingerprint density at radius 2 is 1.90 bits per heavy atom. The number of fused-ring (bicyclic) bond motifs is 1. The van der Waals surface area contributed by atoms with Gasteiger partial charge in [0.25, 0.3) is 0 Å². The molecular formula is C17H13Cl2NO. The number of hydrogen-bond donors (Lipinski definition) is 0. The number of ether oxygens (including phenoxy) is 1. The van der Waals surface area contributed by atoms with Gasteiger partial charge in [0.15, 0.2) is 0 Å². The summed E-state index contributed by atoms with van der Waals surface area (Å²) in [6.07, 6.45) is 0. The van der Waals surface area contributed by atoms with Crippen molar-refractivity contribution in [3.05, 3.63) is 64.7 Å². The zero-order valence-corrected chi connectivity index (χ0v) is 12.9. The van der Waals surface area contributed by atoms with E-state index >= 15 is 0 Å². The maximum absolute atomic E-state index is 6.19. The van der Waals surface area contributed by atoms with Gasteiger partial charge in [0.1, 0.15) is 5.75 Å². The summed E-state index contributed by atoms with van der Waals surface area (Å²) in [6.45, 7) is 1.98. The second-order valence-corrected chi connectivity index (χ2v) is 5.48. The Kier molecular flexibility index (Phi) is 4.00. The number of nitrogens with zero attached hydrogens (tertiary/aromatic N) is 1. The molecule has 0 spiro atoms. The van der Waals surface area contributed by atoms with Crippen molar-refractivity contribution in [1.82, 2.24) is 4.98 Å². The lowest BCUT2D eigenvalue weighted by molar-refractivity contribution is 0.465. The van der Waals surface area contributed by atoms with Crippen LogP contribution in [0.15, 0.2) is 48.5 Å². The molecule has 21 heavy (non-hydrogen) atoms. The highest BCUT2D eigenvalue weighted by molar-refractivity contribution is 6.32. The van der Waals surface area contributed by atoms with Gasteiger partial charge in [-0.25, -0.2) is 4.98 Å². The lowest BCUT2D eigenvalue weighted by atomic mass is 10.1. The van der Waals surface area contributed by atoms with Gasteiger partial charge in [0.05, 0.1) is 10.5 Å². The van der Waals surface area contributed by atoms with E-state index in [4.69, 9.17) is 27.9 Å². The van der Waals surface area contributed by atoms with Crippen molar-refractivity contribution in [2.24, 2.45) is 0 Å². The molecule has 0 aliphatic heterocycles. The third-order valence-corrected chi connectivity index (χ3v) is 3.81. The second kappa shape index (κ2) is 5.92. The van der Waals surface area contributed by atoms with Crippen LogP contribution >= 0.6 is 23.2 Å². The maximum Gasteiger partial charge on any atom is 0.220 e. The van der Waals surface area contributed by atoms with Gasteiger partial charge in [-0.15, -0.1) is 11.6 Å². The van der Waals surface area contributed by atoms with Gasteiger partial charge in [-0.05, 0) is 36.2 Å². The van der Waals surface area contributed by atoms with E-state index in [2.05, 4.69) is 4.98 Å². The summed E-state index contributed by atoms with van der Waals surface area (Å²) >= 11 is 12.2. The highest BCUT2D eigenvalue weighted by Gasteiger charge is 2.08. The van der Waals surface area contributed by atoms with E-state index in [0.717, 1.165) is 22.0 Å². The largest absolute Gasteiger partial charge is 0.437 e. The highest BCUT2D eigenvalue weighted by atomic mass is 35.5. The van der Waals surface area contributed by atoms with Gasteiger partial charge in [-0.1, -0.05) is 35.9 Å². The molecule has 1 heterocycles. The Balaban J connectivity index is 2.04. The Bertz CT molecular complexity index is 802. The molecule has 2 aromatic carbocycles. The highest BCUT2D eigenvalue weighted by Crippen LogP contribution is 2.31. The molecule has 0 N–H and O–H groups in total. The Hall–Kier alpha value is -1.77. The smallest absolute Gasteiger partial charge is 0.220 e. The normalized spacial score (nSPS) is 10.8. The SMILES string of the molecule is Cc1ccc(Oc2cc(CCl)c3ccccc3n2)c(Cl)c1. The van der Waals surface area contributed by atoms with Crippen LogP contribution in [0.25, 0.3) is 10.9 Å². The topological polar surface area (TPSA) is 22.1 Å². The van der Waals surface area contributed by atoms with E-state index in [9.17, 15) is 0 Å². The monoisotopic (exact) mass is 317 g/mol. The molecule has 0 fully saturated rings. The molecule has 3 rings (SSSR count). The number of halogens is 2. The number of hydrogen-bond acceptors (Lipinski definition) is 2. The van der Waals surface area contributed by atoms with Crippen LogP contribution in [-0.2, 0) is 5.88 Å². The van der Waals surface area contributed by atoms with Crippen LogP contribution in [0.3, 0.4) is 0 Å². The van der Waals surface area contributed by atoms with Gasteiger partial charge in [0.2, 0.25) is 5.88 Å². The summed E-state index contributed by atoms with van der Waals surface area (Å²) in [5.74, 6) is 1.49. The lowest BCUT2D eigenvalue weighted by Crippen LogP contribution is -1.93. The number of rotatable bonds is 3. The van der Waals surface area contributed by atoms with Crippen molar-refractivity contribution in [1.29, 1.82) is 0 Å². The average molecular weight is 318 g/mol. The molecule has 0 atom stereocenters. The van der Waals surface area contributed by atoms with Crippen LogP contribution in [-0.4, -0.2) is 4.98 Å². The minimum absolute atomic E-state index is 0.404. The van der Waals surface area contributed by atoms with Crippen molar-refractivity contribution in [2.45, 2.75) is 12.8 Å². The van der Waals surface area contributed by atoms with E-state index in [-0.39, 0.29) is 0 Å². The van der Waals surface area contributed by atoms with E-state index in [1.165, 1.54) is 0 Å². The molecule has 0 radical (unpaired) electrons. The molecule has 0 saturated heterocycles. The fraction of sp³-hybridized carbons (Fsp3) is 0.118. The van der Waals surface area contributed by atoms with Crippen LogP contribution in [0.2, 0.25) is 5.02 Å². The van der Waals surface area contributed by atoms with Crippen LogP contribution < -0.4 is 4.74 Å². The number of para-hydroxylation sites is 1. The standard InChI is InChI=1S/C17H13Cl2NO/c1-11-6-7-16(14(19)8-11)21-17-9-12(10-18)13-4-2-3-5-15(13)20-17/h2-9H,10H2,1H3. The van der Waals surface area contributed by atoms with Gasteiger partial charge < -0.3 is 4.74 Å². The molecule has 0 bridgehead atoms. The minimum Gasteiger partial charge on any atom is -0.437 e. The number of alkyl halides is 1. The Labute approximate surface area is 133 Å². The van der Waals surface area contributed by atoms with Crippen molar-refractivity contribution in [2.75, 3.05) is 0 Å². The summed E-state index contributed by atoms with van der Waals surface area (Å²) in [4.78, 5) is 4.50. The minimum atomic E-state index is 0.404. The molecule has 0 saturated carbocycles. The first kappa shape index (κ1) is 14.2. The third kappa shape index (κ3) is 2.97. The van der Waals surface area contributed by atoms with E-state index < -0.39 is 0 Å². The summed E-state index contributed by atoms with van der Waals surface area (Å²) in [7, 11) is 0. The molecular weight excluding hydrogens is 305 g/mol. The first-order valence-corrected chi connectivity index (χ1v) is 7.47. The molecule has 2 nitrogen and oxygen atoms in total. The van der Waals surface area contributed by atoms with Crippen LogP contribution in [0.4, 0.5) is 0 Å².